The Morgan fingerprint density at radius 2 is 1.78 bits per heavy atom. The SMILES string of the molecule is CN(C(=O)C(=O)NCc1cccc(CN)c1)c1ccc(O)cc1. The molecule has 0 radical (unpaired) electrons. The maximum Gasteiger partial charge on any atom is 0.316 e. The highest BCUT2D eigenvalue weighted by atomic mass is 16.3. The number of aromatic hydroxyl groups is 1. The Morgan fingerprint density at radius 1 is 1.13 bits per heavy atom. The van der Waals surface area contributed by atoms with Crippen molar-refractivity contribution in [3.05, 3.63) is 59.7 Å². The largest absolute Gasteiger partial charge is 0.508 e. The van der Waals surface area contributed by atoms with Crippen LogP contribution in [0.3, 0.4) is 0 Å². The minimum absolute atomic E-state index is 0.0961. The Labute approximate surface area is 134 Å². The molecule has 0 saturated heterocycles. The van der Waals surface area contributed by atoms with Gasteiger partial charge in [-0.3, -0.25) is 9.59 Å². The first kappa shape index (κ1) is 16.5. The van der Waals surface area contributed by atoms with Crippen molar-refractivity contribution in [1.82, 2.24) is 5.32 Å². The molecule has 2 aromatic carbocycles. The van der Waals surface area contributed by atoms with E-state index in [1.54, 1.807) is 12.1 Å². The van der Waals surface area contributed by atoms with Crippen molar-refractivity contribution < 1.29 is 14.7 Å². The van der Waals surface area contributed by atoms with Crippen molar-refractivity contribution in [2.45, 2.75) is 13.1 Å². The first-order chi connectivity index (χ1) is 11.0. The van der Waals surface area contributed by atoms with Crippen LogP contribution >= 0.6 is 0 Å². The van der Waals surface area contributed by atoms with Gasteiger partial charge in [-0.25, -0.2) is 0 Å². The normalized spacial score (nSPS) is 10.2. The van der Waals surface area contributed by atoms with Gasteiger partial charge in [0.1, 0.15) is 5.75 Å². The number of likely N-dealkylation sites (N-methyl/N-ethyl adjacent to an activating group) is 1. The fraction of sp³-hybridized carbons (Fsp3) is 0.176. The van der Waals surface area contributed by atoms with E-state index in [0.717, 1.165) is 11.1 Å². The molecule has 2 rings (SSSR count). The molecule has 6 heteroatoms. The average molecular weight is 313 g/mol. The highest BCUT2D eigenvalue weighted by molar-refractivity contribution is 6.40. The van der Waals surface area contributed by atoms with Gasteiger partial charge in [-0.05, 0) is 35.4 Å². The number of phenolic OH excluding ortho intramolecular Hbond substituents is 1. The predicted octanol–water partition coefficient (Wildman–Crippen LogP) is 1.13. The van der Waals surface area contributed by atoms with Crippen molar-refractivity contribution in [1.29, 1.82) is 0 Å². The Bertz CT molecular complexity index is 698. The summed E-state index contributed by atoms with van der Waals surface area (Å²) in [6, 6.07) is 13.5. The van der Waals surface area contributed by atoms with E-state index >= 15 is 0 Å². The number of carbonyl (C=O) groups is 2. The standard InChI is InChI=1S/C17H19N3O3/c1-20(14-5-7-15(21)8-6-14)17(23)16(22)19-11-13-4-2-3-12(9-13)10-18/h2-9,21H,10-11,18H2,1H3,(H,19,22). The van der Waals surface area contributed by atoms with Crippen LogP contribution in [0, 0.1) is 0 Å². The molecule has 0 aliphatic carbocycles. The Morgan fingerprint density at radius 3 is 2.43 bits per heavy atom. The van der Waals surface area contributed by atoms with E-state index in [0.29, 0.717) is 12.2 Å². The number of nitrogens with zero attached hydrogens (tertiary/aromatic N) is 1. The van der Waals surface area contributed by atoms with Crippen LogP contribution in [0.15, 0.2) is 48.5 Å². The van der Waals surface area contributed by atoms with Gasteiger partial charge in [-0.1, -0.05) is 24.3 Å². The summed E-state index contributed by atoms with van der Waals surface area (Å²) >= 11 is 0. The molecular weight excluding hydrogens is 294 g/mol. The number of nitrogens with two attached hydrogens (primary N) is 1. The monoisotopic (exact) mass is 313 g/mol. The lowest BCUT2D eigenvalue weighted by molar-refractivity contribution is -0.137. The molecule has 0 unspecified atom stereocenters. The van der Waals surface area contributed by atoms with Gasteiger partial charge >= 0.3 is 11.8 Å². The number of anilines is 1. The van der Waals surface area contributed by atoms with Crippen LogP contribution in [0.5, 0.6) is 5.75 Å². The molecule has 0 saturated carbocycles. The third-order valence-electron chi connectivity index (χ3n) is 3.42. The summed E-state index contributed by atoms with van der Waals surface area (Å²) in [4.78, 5) is 25.3. The summed E-state index contributed by atoms with van der Waals surface area (Å²) in [5.41, 5.74) is 7.93. The van der Waals surface area contributed by atoms with E-state index in [9.17, 15) is 14.7 Å². The quantitative estimate of drug-likeness (QED) is 0.737. The third kappa shape index (κ3) is 4.31. The van der Waals surface area contributed by atoms with E-state index in [1.165, 1.54) is 24.1 Å². The summed E-state index contributed by atoms with van der Waals surface area (Å²) in [7, 11) is 1.50. The molecule has 6 nitrogen and oxygen atoms in total. The van der Waals surface area contributed by atoms with Crippen molar-refractivity contribution in [3.8, 4) is 5.75 Å². The fourth-order valence-electron chi connectivity index (χ4n) is 2.07. The van der Waals surface area contributed by atoms with Crippen LogP contribution in [-0.2, 0) is 22.7 Å². The minimum atomic E-state index is -0.696. The van der Waals surface area contributed by atoms with Crippen LogP contribution in [0.1, 0.15) is 11.1 Å². The zero-order valence-electron chi connectivity index (χ0n) is 12.8. The van der Waals surface area contributed by atoms with E-state index in [-0.39, 0.29) is 12.3 Å². The van der Waals surface area contributed by atoms with Gasteiger partial charge in [0.05, 0.1) is 0 Å². The number of amides is 2. The molecule has 4 N–H and O–H groups in total. The first-order valence-corrected chi connectivity index (χ1v) is 7.14. The van der Waals surface area contributed by atoms with E-state index in [1.807, 2.05) is 24.3 Å². The predicted molar refractivity (Wildman–Crippen MR) is 87.7 cm³/mol. The molecule has 23 heavy (non-hydrogen) atoms. The molecule has 0 atom stereocenters. The lowest BCUT2D eigenvalue weighted by Crippen LogP contribution is -2.40. The van der Waals surface area contributed by atoms with E-state index in [2.05, 4.69) is 5.32 Å². The zero-order chi connectivity index (χ0) is 16.8. The van der Waals surface area contributed by atoms with Gasteiger partial charge in [0.15, 0.2) is 0 Å². The van der Waals surface area contributed by atoms with Crippen LogP contribution in [0.2, 0.25) is 0 Å². The van der Waals surface area contributed by atoms with Crippen LogP contribution < -0.4 is 16.0 Å². The zero-order valence-corrected chi connectivity index (χ0v) is 12.8. The summed E-state index contributed by atoms with van der Waals surface area (Å²) < 4.78 is 0. The Hall–Kier alpha value is -2.86. The lowest BCUT2D eigenvalue weighted by Gasteiger charge is -2.17. The molecule has 0 aliphatic heterocycles. The Kier molecular flexibility index (Phi) is 5.32. The van der Waals surface area contributed by atoms with Crippen molar-refractivity contribution >= 4 is 17.5 Å². The smallest absolute Gasteiger partial charge is 0.316 e. The molecule has 0 spiro atoms. The molecule has 120 valence electrons. The van der Waals surface area contributed by atoms with Crippen LogP contribution in [-0.4, -0.2) is 24.0 Å². The number of phenols is 1. The van der Waals surface area contributed by atoms with Gasteiger partial charge in [-0.2, -0.15) is 0 Å². The van der Waals surface area contributed by atoms with Crippen molar-refractivity contribution in [2.75, 3.05) is 11.9 Å². The number of hydrogen-bond acceptors (Lipinski definition) is 4. The van der Waals surface area contributed by atoms with Gasteiger partial charge in [-0.15, -0.1) is 0 Å². The Balaban J connectivity index is 1.96. The second-order valence-electron chi connectivity index (χ2n) is 5.09. The lowest BCUT2D eigenvalue weighted by atomic mass is 10.1. The summed E-state index contributed by atoms with van der Waals surface area (Å²) in [5.74, 6) is -1.27. The van der Waals surface area contributed by atoms with Gasteiger partial charge < -0.3 is 21.1 Å². The number of carbonyl (C=O) groups excluding carboxylic acids is 2. The molecule has 2 amide bonds. The van der Waals surface area contributed by atoms with Crippen LogP contribution in [0.25, 0.3) is 0 Å². The molecule has 0 heterocycles. The first-order valence-electron chi connectivity index (χ1n) is 7.14. The molecule has 0 bridgehead atoms. The van der Waals surface area contributed by atoms with Crippen molar-refractivity contribution in [2.24, 2.45) is 5.73 Å². The number of benzene rings is 2. The van der Waals surface area contributed by atoms with Gasteiger partial charge in [0.2, 0.25) is 0 Å². The number of hydrogen-bond donors (Lipinski definition) is 3. The van der Waals surface area contributed by atoms with Gasteiger partial charge in [0.25, 0.3) is 0 Å². The average Bonchev–Trinajstić information content (AvgIpc) is 2.59. The van der Waals surface area contributed by atoms with Crippen LogP contribution in [0.4, 0.5) is 5.69 Å². The van der Waals surface area contributed by atoms with E-state index in [4.69, 9.17) is 5.73 Å². The highest BCUT2D eigenvalue weighted by Crippen LogP contribution is 2.17. The van der Waals surface area contributed by atoms with E-state index < -0.39 is 11.8 Å². The topological polar surface area (TPSA) is 95.7 Å². The minimum Gasteiger partial charge on any atom is -0.508 e. The summed E-state index contributed by atoms with van der Waals surface area (Å²) in [6.07, 6.45) is 0. The highest BCUT2D eigenvalue weighted by Gasteiger charge is 2.19. The summed E-state index contributed by atoms with van der Waals surface area (Å²) in [5, 5.41) is 11.8. The molecule has 0 fully saturated rings. The number of nitrogens with one attached hydrogen (secondary N) is 1. The second kappa shape index (κ2) is 7.42. The molecule has 2 aromatic rings. The fourth-order valence-corrected chi connectivity index (χ4v) is 2.07. The maximum atomic E-state index is 12.1. The third-order valence-corrected chi connectivity index (χ3v) is 3.42. The van der Waals surface area contributed by atoms with Gasteiger partial charge in [0, 0.05) is 25.8 Å². The van der Waals surface area contributed by atoms with Crippen molar-refractivity contribution in [3.63, 3.8) is 0 Å². The number of rotatable bonds is 4. The second-order valence-corrected chi connectivity index (χ2v) is 5.09. The summed E-state index contributed by atoms with van der Waals surface area (Å²) in [6.45, 7) is 0.673. The molecule has 0 aliphatic rings. The molecular formula is C17H19N3O3. The molecule has 0 aromatic heterocycles. The maximum absolute atomic E-state index is 12.1.